The van der Waals surface area contributed by atoms with Crippen molar-refractivity contribution in [3.8, 4) is 0 Å². The lowest BCUT2D eigenvalue weighted by Gasteiger charge is -2.23. The zero-order valence-corrected chi connectivity index (χ0v) is 11.1. The summed E-state index contributed by atoms with van der Waals surface area (Å²) in [7, 11) is 1.72. The van der Waals surface area contributed by atoms with Crippen molar-refractivity contribution in [2.24, 2.45) is 5.73 Å². The molecule has 0 spiro atoms. The average Bonchev–Trinajstić information content (AvgIpc) is 2.31. The van der Waals surface area contributed by atoms with Gasteiger partial charge in [-0.1, -0.05) is 0 Å². The highest BCUT2D eigenvalue weighted by Crippen LogP contribution is 2.18. The van der Waals surface area contributed by atoms with Crippen molar-refractivity contribution in [3.63, 3.8) is 0 Å². The van der Waals surface area contributed by atoms with Crippen molar-refractivity contribution in [2.45, 2.75) is 26.3 Å². The largest absolute Gasteiger partial charge is 0.366 e. The molecule has 0 aromatic heterocycles. The van der Waals surface area contributed by atoms with Gasteiger partial charge in [-0.05, 0) is 51.6 Å². The summed E-state index contributed by atoms with van der Waals surface area (Å²) in [5.41, 5.74) is 6.43. The van der Waals surface area contributed by atoms with E-state index in [1.165, 1.54) is 0 Å². The number of likely N-dealkylation sites (N-methyl/N-ethyl adjacent to an activating group) is 1. The van der Waals surface area contributed by atoms with Crippen LogP contribution in [0, 0.1) is 6.92 Å². The molecule has 2 amide bonds. The van der Waals surface area contributed by atoms with E-state index in [-0.39, 0.29) is 5.91 Å². The van der Waals surface area contributed by atoms with Crippen LogP contribution in [0.4, 0.5) is 5.69 Å². The Hall–Kier alpha value is -1.88. The number of nitrogens with two attached hydrogens (primary N) is 1. The maximum Gasteiger partial charge on any atom is 0.248 e. The van der Waals surface area contributed by atoms with E-state index >= 15 is 0 Å². The van der Waals surface area contributed by atoms with Crippen molar-refractivity contribution >= 4 is 17.5 Å². The number of anilines is 1. The Kier molecular flexibility index (Phi) is 4.08. The lowest BCUT2D eigenvalue weighted by atomic mass is 10.0. The summed E-state index contributed by atoms with van der Waals surface area (Å²) in [6, 6.07) is 4.93. The van der Waals surface area contributed by atoms with Gasteiger partial charge in [0, 0.05) is 11.3 Å². The van der Waals surface area contributed by atoms with Crippen LogP contribution in [-0.2, 0) is 4.79 Å². The molecule has 0 heterocycles. The lowest BCUT2D eigenvalue weighted by molar-refractivity contribution is -0.121. The van der Waals surface area contributed by atoms with Crippen molar-refractivity contribution < 1.29 is 9.59 Å². The molecule has 0 saturated heterocycles. The highest BCUT2D eigenvalue weighted by atomic mass is 16.2. The zero-order chi connectivity index (χ0) is 13.9. The molecular weight excluding hydrogens is 230 g/mol. The maximum absolute atomic E-state index is 12.0. The van der Waals surface area contributed by atoms with Crippen molar-refractivity contribution in [1.82, 2.24) is 5.32 Å². The summed E-state index contributed by atoms with van der Waals surface area (Å²) in [4.78, 5) is 23.0. The van der Waals surface area contributed by atoms with Crippen molar-refractivity contribution in [3.05, 3.63) is 29.3 Å². The first kappa shape index (κ1) is 14.2. The molecular formula is C13H19N3O2. The number of nitrogens with one attached hydrogen (secondary N) is 2. The number of amides is 2. The Morgan fingerprint density at radius 2 is 1.89 bits per heavy atom. The Bertz CT molecular complexity index is 481. The molecule has 0 atom stereocenters. The van der Waals surface area contributed by atoms with Crippen LogP contribution in [0.2, 0.25) is 0 Å². The van der Waals surface area contributed by atoms with Gasteiger partial charge >= 0.3 is 0 Å². The Labute approximate surface area is 107 Å². The average molecular weight is 249 g/mol. The fourth-order valence-electron chi connectivity index (χ4n) is 1.35. The molecule has 18 heavy (non-hydrogen) atoms. The summed E-state index contributed by atoms with van der Waals surface area (Å²) in [5, 5.41) is 5.74. The van der Waals surface area contributed by atoms with Gasteiger partial charge in [-0.3, -0.25) is 9.59 Å². The van der Waals surface area contributed by atoms with Crippen LogP contribution in [0.25, 0.3) is 0 Å². The van der Waals surface area contributed by atoms with E-state index in [1.807, 2.05) is 6.92 Å². The summed E-state index contributed by atoms with van der Waals surface area (Å²) < 4.78 is 0. The van der Waals surface area contributed by atoms with Gasteiger partial charge in [-0.2, -0.15) is 0 Å². The zero-order valence-electron chi connectivity index (χ0n) is 11.1. The number of hydrogen-bond acceptors (Lipinski definition) is 3. The summed E-state index contributed by atoms with van der Waals surface area (Å²) in [6.45, 7) is 5.39. The second-order valence-electron chi connectivity index (χ2n) is 4.72. The molecule has 5 heteroatoms. The van der Waals surface area contributed by atoms with E-state index in [9.17, 15) is 9.59 Å². The SMILES string of the molecule is CNC(C)(C)C(=O)Nc1ccc(C(N)=O)cc1C. The third-order valence-corrected chi connectivity index (χ3v) is 2.95. The van der Waals surface area contributed by atoms with E-state index in [4.69, 9.17) is 5.73 Å². The first-order chi connectivity index (χ1) is 8.27. The van der Waals surface area contributed by atoms with Crippen LogP contribution in [0.5, 0.6) is 0 Å². The molecule has 1 aromatic carbocycles. The molecule has 0 aliphatic heterocycles. The fraction of sp³-hybridized carbons (Fsp3) is 0.385. The van der Waals surface area contributed by atoms with Crippen LogP contribution in [0.15, 0.2) is 18.2 Å². The molecule has 0 saturated carbocycles. The quantitative estimate of drug-likeness (QED) is 0.745. The van der Waals surface area contributed by atoms with Crippen LogP contribution >= 0.6 is 0 Å². The van der Waals surface area contributed by atoms with Crippen LogP contribution in [0.3, 0.4) is 0 Å². The first-order valence-corrected chi connectivity index (χ1v) is 5.68. The van der Waals surface area contributed by atoms with Gasteiger partial charge in [-0.15, -0.1) is 0 Å². The smallest absolute Gasteiger partial charge is 0.248 e. The van der Waals surface area contributed by atoms with Gasteiger partial charge in [0.25, 0.3) is 0 Å². The first-order valence-electron chi connectivity index (χ1n) is 5.68. The minimum Gasteiger partial charge on any atom is -0.366 e. The minimum atomic E-state index is -0.658. The monoisotopic (exact) mass is 249 g/mol. The predicted molar refractivity (Wildman–Crippen MR) is 71.5 cm³/mol. The summed E-state index contributed by atoms with van der Waals surface area (Å²) in [6.07, 6.45) is 0. The van der Waals surface area contributed by atoms with Gasteiger partial charge in [0.2, 0.25) is 11.8 Å². The van der Waals surface area contributed by atoms with E-state index in [2.05, 4.69) is 10.6 Å². The van der Waals surface area contributed by atoms with Crippen LogP contribution < -0.4 is 16.4 Å². The molecule has 98 valence electrons. The topological polar surface area (TPSA) is 84.2 Å². The molecule has 0 fully saturated rings. The lowest BCUT2D eigenvalue weighted by Crippen LogP contribution is -2.48. The van der Waals surface area contributed by atoms with Gasteiger partial charge in [-0.25, -0.2) is 0 Å². The molecule has 0 unspecified atom stereocenters. The summed E-state index contributed by atoms with van der Waals surface area (Å²) >= 11 is 0. The Morgan fingerprint density at radius 1 is 1.28 bits per heavy atom. The molecule has 4 N–H and O–H groups in total. The van der Waals surface area contributed by atoms with E-state index in [1.54, 1.807) is 39.1 Å². The molecule has 0 radical (unpaired) electrons. The standard InChI is InChI=1S/C13H19N3O2/c1-8-7-9(11(14)17)5-6-10(8)16-12(18)13(2,3)15-4/h5-7,15H,1-4H3,(H2,14,17)(H,16,18). The Morgan fingerprint density at radius 3 is 2.33 bits per heavy atom. The normalized spacial score (nSPS) is 11.1. The maximum atomic E-state index is 12.0. The van der Waals surface area contributed by atoms with Gasteiger partial charge < -0.3 is 16.4 Å². The van der Waals surface area contributed by atoms with Crippen molar-refractivity contribution in [1.29, 1.82) is 0 Å². The third kappa shape index (κ3) is 3.07. The van der Waals surface area contributed by atoms with Gasteiger partial charge in [0.05, 0.1) is 5.54 Å². The molecule has 1 aromatic rings. The molecule has 5 nitrogen and oxygen atoms in total. The highest BCUT2D eigenvalue weighted by Gasteiger charge is 2.25. The van der Waals surface area contributed by atoms with E-state index in [0.717, 1.165) is 5.56 Å². The third-order valence-electron chi connectivity index (χ3n) is 2.95. The number of aryl methyl sites for hydroxylation is 1. The van der Waals surface area contributed by atoms with E-state index < -0.39 is 11.4 Å². The van der Waals surface area contributed by atoms with Gasteiger partial charge in [0.1, 0.15) is 0 Å². The fourth-order valence-corrected chi connectivity index (χ4v) is 1.35. The second kappa shape index (κ2) is 5.18. The summed E-state index contributed by atoms with van der Waals surface area (Å²) in [5.74, 6) is -0.619. The van der Waals surface area contributed by atoms with Crippen LogP contribution in [-0.4, -0.2) is 24.4 Å². The number of carbonyl (C=O) groups excluding carboxylic acids is 2. The van der Waals surface area contributed by atoms with E-state index in [0.29, 0.717) is 11.3 Å². The number of hydrogen-bond donors (Lipinski definition) is 3. The number of primary amides is 1. The van der Waals surface area contributed by atoms with Gasteiger partial charge in [0.15, 0.2) is 0 Å². The number of rotatable bonds is 4. The molecule has 1 rings (SSSR count). The number of carbonyl (C=O) groups is 2. The second-order valence-corrected chi connectivity index (χ2v) is 4.72. The predicted octanol–water partition coefficient (Wildman–Crippen LogP) is 1.03. The molecule has 0 aliphatic carbocycles. The Balaban J connectivity index is 2.93. The molecule has 0 aliphatic rings. The minimum absolute atomic E-state index is 0.139. The molecule has 0 bridgehead atoms. The van der Waals surface area contributed by atoms with Crippen molar-refractivity contribution in [2.75, 3.05) is 12.4 Å². The van der Waals surface area contributed by atoms with Crippen LogP contribution in [0.1, 0.15) is 29.8 Å². The highest BCUT2D eigenvalue weighted by molar-refractivity contribution is 5.99. The number of benzene rings is 1.